The summed E-state index contributed by atoms with van der Waals surface area (Å²) < 4.78 is 24.1. The van der Waals surface area contributed by atoms with Gasteiger partial charge >= 0.3 is 6.55 Å². The van der Waals surface area contributed by atoms with Gasteiger partial charge in [0.15, 0.2) is 0 Å². The summed E-state index contributed by atoms with van der Waals surface area (Å²) in [7, 11) is 0. The van der Waals surface area contributed by atoms with Gasteiger partial charge in [-0.05, 0) is 12.1 Å². The average Bonchev–Trinajstić information content (AvgIpc) is 1.94. The van der Waals surface area contributed by atoms with Gasteiger partial charge in [0.05, 0.1) is 5.69 Å². The van der Waals surface area contributed by atoms with Crippen LogP contribution in [-0.2, 0) is 0 Å². The van der Waals surface area contributed by atoms with Crippen molar-refractivity contribution in [1.29, 1.82) is 0 Å². The predicted molar refractivity (Wildman–Crippen MR) is 36.4 cm³/mol. The number of hydrogen-bond acceptors (Lipinski definition) is 2. The van der Waals surface area contributed by atoms with Crippen molar-refractivity contribution in [2.75, 3.05) is 5.73 Å². The van der Waals surface area contributed by atoms with E-state index in [1.165, 1.54) is 12.1 Å². The minimum atomic E-state index is -2.83. The highest BCUT2D eigenvalue weighted by Crippen LogP contribution is 2.06. The second-order valence-corrected chi connectivity index (χ2v) is 1.95. The van der Waals surface area contributed by atoms with Gasteiger partial charge in [0.1, 0.15) is 0 Å². The summed E-state index contributed by atoms with van der Waals surface area (Å²) in [5, 5.41) is 0. The monoisotopic (exact) mass is 160 g/mol. The molecule has 1 aromatic rings. The van der Waals surface area contributed by atoms with Gasteiger partial charge in [-0.25, -0.2) is 0 Å². The molecule has 0 bridgehead atoms. The second kappa shape index (κ2) is 2.69. The van der Waals surface area contributed by atoms with E-state index in [0.29, 0.717) is 0 Å². The van der Waals surface area contributed by atoms with Crippen LogP contribution in [0.2, 0.25) is 0 Å². The fraction of sp³-hybridized carbons (Fsp3) is 0.167. The highest BCUT2D eigenvalue weighted by molar-refractivity contribution is 5.33. The predicted octanol–water partition coefficient (Wildman–Crippen LogP) is 0.826. The van der Waals surface area contributed by atoms with E-state index in [1.807, 2.05) is 0 Å². The van der Waals surface area contributed by atoms with Gasteiger partial charge in [-0.2, -0.15) is 8.78 Å². The summed E-state index contributed by atoms with van der Waals surface area (Å²) in [6.45, 7) is -2.83. The molecule has 5 heteroatoms. The molecule has 11 heavy (non-hydrogen) atoms. The molecule has 1 aromatic heterocycles. The first kappa shape index (κ1) is 7.71. The minimum Gasteiger partial charge on any atom is -0.394 e. The van der Waals surface area contributed by atoms with Gasteiger partial charge in [0, 0.05) is 6.20 Å². The molecule has 0 saturated heterocycles. The van der Waals surface area contributed by atoms with Crippen LogP contribution in [0.3, 0.4) is 0 Å². The first-order valence-electron chi connectivity index (χ1n) is 2.87. The molecule has 1 heterocycles. The number of alkyl halides is 2. The molecular weight excluding hydrogens is 154 g/mol. The van der Waals surface area contributed by atoms with E-state index < -0.39 is 12.1 Å². The molecule has 0 unspecified atom stereocenters. The largest absolute Gasteiger partial charge is 0.394 e. The molecule has 0 amide bonds. The zero-order valence-corrected chi connectivity index (χ0v) is 5.50. The van der Waals surface area contributed by atoms with Crippen LogP contribution in [0.4, 0.5) is 14.5 Å². The number of rotatable bonds is 1. The van der Waals surface area contributed by atoms with Gasteiger partial charge in [-0.15, -0.1) is 0 Å². The molecule has 0 aromatic carbocycles. The van der Waals surface area contributed by atoms with E-state index in [1.54, 1.807) is 0 Å². The quantitative estimate of drug-likeness (QED) is 0.661. The Hall–Kier alpha value is -1.39. The van der Waals surface area contributed by atoms with Crippen LogP contribution in [0.5, 0.6) is 0 Å². The Balaban J connectivity index is 3.28. The molecule has 0 saturated carbocycles. The fourth-order valence-corrected chi connectivity index (χ4v) is 0.681. The van der Waals surface area contributed by atoms with Crippen LogP contribution in [0.25, 0.3) is 0 Å². The van der Waals surface area contributed by atoms with Gasteiger partial charge in [-0.3, -0.25) is 9.36 Å². The van der Waals surface area contributed by atoms with Crippen molar-refractivity contribution in [3.05, 3.63) is 28.7 Å². The Bertz CT molecular complexity index is 308. The van der Waals surface area contributed by atoms with Crippen LogP contribution in [-0.4, -0.2) is 4.57 Å². The fourth-order valence-electron chi connectivity index (χ4n) is 0.681. The van der Waals surface area contributed by atoms with Crippen molar-refractivity contribution in [1.82, 2.24) is 4.57 Å². The third kappa shape index (κ3) is 1.36. The van der Waals surface area contributed by atoms with Crippen LogP contribution in [0, 0.1) is 0 Å². The maximum Gasteiger partial charge on any atom is 0.321 e. The standard InChI is InChI=1S/C6H6F2N2O/c7-6(8)10-3-1-2-4(9)5(10)11/h1-3,6H,9H2. The molecule has 0 atom stereocenters. The summed E-state index contributed by atoms with van der Waals surface area (Å²) in [5.74, 6) is 0. The lowest BCUT2D eigenvalue weighted by molar-refractivity contribution is 0.0666. The maximum atomic E-state index is 11.9. The molecule has 1 rings (SSSR count). The number of pyridine rings is 1. The van der Waals surface area contributed by atoms with Gasteiger partial charge in [0.25, 0.3) is 5.56 Å². The van der Waals surface area contributed by atoms with Crippen LogP contribution >= 0.6 is 0 Å². The van der Waals surface area contributed by atoms with E-state index >= 15 is 0 Å². The zero-order chi connectivity index (χ0) is 8.43. The number of nitrogens with zero attached hydrogens (tertiary/aromatic N) is 1. The van der Waals surface area contributed by atoms with Crippen LogP contribution < -0.4 is 11.3 Å². The van der Waals surface area contributed by atoms with E-state index in [9.17, 15) is 13.6 Å². The Morgan fingerprint density at radius 1 is 1.55 bits per heavy atom. The van der Waals surface area contributed by atoms with Crippen LogP contribution in [0.15, 0.2) is 23.1 Å². The summed E-state index contributed by atoms with van der Waals surface area (Å²) in [6.07, 6.45) is 0.989. The lowest BCUT2D eigenvalue weighted by Gasteiger charge is -2.02. The Morgan fingerprint density at radius 2 is 2.18 bits per heavy atom. The highest BCUT2D eigenvalue weighted by atomic mass is 19.3. The molecular formula is C6H6F2N2O. The zero-order valence-electron chi connectivity index (χ0n) is 5.50. The Morgan fingerprint density at radius 3 is 2.64 bits per heavy atom. The SMILES string of the molecule is Nc1cccn(C(F)F)c1=O. The number of nitrogens with two attached hydrogens (primary N) is 1. The first-order valence-corrected chi connectivity index (χ1v) is 2.87. The first-order chi connectivity index (χ1) is 5.13. The second-order valence-electron chi connectivity index (χ2n) is 1.95. The normalized spacial score (nSPS) is 10.5. The third-order valence-corrected chi connectivity index (χ3v) is 1.21. The van der Waals surface area contributed by atoms with E-state index in [4.69, 9.17) is 5.73 Å². The van der Waals surface area contributed by atoms with Crippen molar-refractivity contribution in [2.24, 2.45) is 0 Å². The Labute approximate surface area is 61.1 Å². The summed E-state index contributed by atoms with van der Waals surface area (Å²) in [6, 6.07) is 2.57. The lowest BCUT2D eigenvalue weighted by Crippen LogP contribution is -2.22. The van der Waals surface area contributed by atoms with E-state index in [0.717, 1.165) is 6.20 Å². The molecule has 0 aliphatic rings. The maximum absolute atomic E-state index is 11.9. The number of halogens is 2. The summed E-state index contributed by atoms with van der Waals surface area (Å²) >= 11 is 0. The van der Waals surface area contributed by atoms with Gasteiger partial charge in [0.2, 0.25) is 0 Å². The molecule has 0 aliphatic carbocycles. The van der Waals surface area contributed by atoms with Crippen molar-refractivity contribution in [2.45, 2.75) is 6.55 Å². The number of aromatic nitrogens is 1. The Kier molecular flexibility index (Phi) is 1.89. The van der Waals surface area contributed by atoms with E-state index in [-0.39, 0.29) is 10.3 Å². The molecule has 0 aliphatic heterocycles. The molecule has 0 spiro atoms. The van der Waals surface area contributed by atoms with Crippen molar-refractivity contribution >= 4 is 5.69 Å². The molecule has 0 fully saturated rings. The minimum absolute atomic E-state index is 0.173. The third-order valence-electron chi connectivity index (χ3n) is 1.21. The number of anilines is 1. The van der Waals surface area contributed by atoms with Gasteiger partial charge < -0.3 is 5.73 Å². The highest BCUT2D eigenvalue weighted by Gasteiger charge is 2.07. The lowest BCUT2D eigenvalue weighted by atomic mass is 10.4. The number of nitrogen functional groups attached to an aromatic ring is 1. The average molecular weight is 160 g/mol. The van der Waals surface area contributed by atoms with E-state index in [2.05, 4.69) is 0 Å². The smallest absolute Gasteiger partial charge is 0.321 e. The number of hydrogen-bond donors (Lipinski definition) is 1. The molecule has 3 nitrogen and oxygen atoms in total. The topological polar surface area (TPSA) is 48.0 Å². The van der Waals surface area contributed by atoms with Crippen molar-refractivity contribution in [3.63, 3.8) is 0 Å². The van der Waals surface area contributed by atoms with Crippen LogP contribution in [0.1, 0.15) is 6.55 Å². The van der Waals surface area contributed by atoms with Crippen molar-refractivity contribution < 1.29 is 8.78 Å². The van der Waals surface area contributed by atoms with Crippen molar-refractivity contribution in [3.8, 4) is 0 Å². The molecule has 0 radical (unpaired) electrons. The van der Waals surface area contributed by atoms with Gasteiger partial charge in [-0.1, -0.05) is 0 Å². The molecule has 2 N–H and O–H groups in total. The summed E-state index contributed by atoms with van der Waals surface area (Å²) in [4.78, 5) is 10.8. The molecule has 60 valence electrons. The summed E-state index contributed by atoms with van der Waals surface area (Å²) in [5.41, 5.74) is 4.06.